The van der Waals surface area contributed by atoms with Crippen LogP contribution in [0.4, 0.5) is 0 Å². The quantitative estimate of drug-likeness (QED) is 0.573. The minimum Gasteiger partial charge on any atom is -0.381 e. The monoisotopic (exact) mass is 231 g/mol. The van der Waals surface area contributed by atoms with E-state index in [1.807, 2.05) is 0 Å². The third-order valence-corrected chi connectivity index (χ3v) is 2.21. The van der Waals surface area contributed by atoms with Crippen molar-refractivity contribution >= 4 is 12.2 Å². The molecule has 2 N–H and O–H groups in total. The van der Waals surface area contributed by atoms with E-state index < -0.39 is 0 Å². The molecule has 0 aliphatic rings. The van der Waals surface area contributed by atoms with Crippen LogP contribution in [0.5, 0.6) is 0 Å². The molecular weight excluding hydrogens is 214 g/mol. The van der Waals surface area contributed by atoms with Crippen LogP contribution in [0.2, 0.25) is 0 Å². The van der Waals surface area contributed by atoms with Gasteiger partial charge in [0.1, 0.15) is 0 Å². The van der Waals surface area contributed by atoms with E-state index in [-0.39, 0.29) is 5.69 Å². The Balaban J connectivity index is 2.27. The summed E-state index contributed by atoms with van der Waals surface area (Å²) < 4.78 is 7.33. The number of ether oxygens (including phenoxy) is 1. The molecule has 1 aromatic heterocycles. The fraction of sp³-hybridized carbons (Fsp3) is 0.778. The average molecular weight is 231 g/mol. The first-order chi connectivity index (χ1) is 7.11. The number of aromatic amines is 2. The van der Waals surface area contributed by atoms with E-state index in [0.717, 1.165) is 13.0 Å². The fourth-order valence-corrected chi connectivity index (χ4v) is 1.41. The molecule has 0 atom stereocenters. The van der Waals surface area contributed by atoms with Gasteiger partial charge in [-0.25, -0.2) is 9.89 Å². The summed E-state index contributed by atoms with van der Waals surface area (Å²) in [4.78, 5) is 11.2. The summed E-state index contributed by atoms with van der Waals surface area (Å²) in [6, 6.07) is 0. The number of H-pyrrole nitrogens is 2. The lowest BCUT2D eigenvalue weighted by Gasteiger charge is -2.06. The molecule has 0 bridgehead atoms. The predicted molar refractivity (Wildman–Crippen MR) is 60.5 cm³/mol. The first kappa shape index (κ1) is 12.2. The largest absolute Gasteiger partial charge is 0.381 e. The van der Waals surface area contributed by atoms with Crippen molar-refractivity contribution < 1.29 is 4.74 Å². The number of nitrogens with one attached hydrogen (secondary N) is 2. The first-order valence-corrected chi connectivity index (χ1v) is 5.47. The molecule has 0 saturated heterocycles. The highest BCUT2D eigenvalue weighted by Crippen LogP contribution is 1.94. The molecular formula is C9H17N3O2S. The summed E-state index contributed by atoms with van der Waals surface area (Å²) in [6.07, 6.45) is 0.794. The Hall–Kier alpha value is -0.880. The minimum absolute atomic E-state index is 0.191. The molecule has 0 aliphatic carbocycles. The third-order valence-electron chi connectivity index (χ3n) is 1.89. The Bertz CT molecular complexity index is 363. The summed E-state index contributed by atoms with van der Waals surface area (Å²) in [7, 11) is 0. The second-order valence-electron chi connectivity index (χ2n) is 3.83. The zero-order chi connectivity index (χ0) is 11.3. The summed E-state index contributed by atoms with van der Waals surface area (Å²) in [5, 5.41) is 5.03. The molecule has 6 heteroatoms. The molecule has 1 aromatic rings. The van der Waals surface area contributed by atoms with Gasteiger partial charge in [-0.15, -0.1) is 0 Å². The van der Waals surface area contributed by atoms with E-state index in [1.54, 1.807) is 0 Å². The van der Waals surface area contributed by atoms with Crippen molar-refractivity contribution in [2.75, 3.05) is 13.2 Å². The highest BCUT2D eigenvalue weighted by Gasteiger charge is 1.99. The smallest absolute Gasteiger partial charge is 0.342 e. The normalized spacial score (nSPS) is 11.1. The first-order valence-electron chi connectivity index (χ1n) is 5.06. The lowest BCUT2D eigenvalue weighted by atomic mass is 10.2. The highest BCUT2D eigenvalue weighted by molar-refractivity contribution is 7.71. The lowest BCUT2D eigenvalue weighted by molar-refractivity contribution is 0.105. The van der Waals surface area contributed by atoms with Gasteiger partial charge in [0.25, 0.3) is 0 Å². The third kappa shape index (κ3) is 4.01. The Kier molecular flexibility index (Phi) is 4.77. The van der Waals surface area contributed by atoms with E-state index >= 15 is 0 Å². The zero-order valence-electron chi connectivity index (χ0n) is 9.08. The molecule has 0 amide bonds. The summed E-state index contributed by atoms with van der Waals surface area (Å²) >= 11 is 4.93. The van der Waals surface area contributed by atoms with E-state index in [9.17, 15) is 4.79 Å². The van der Waals surface area contributed by atoms with Crippen LogP contribution in [0, 0.1) is 10.7 Å². The molecule has 0 aliphatic heterocycles. The van der Waals surface area contributed by atoms with Crippen molar-refractivity contribution in [1.29, 1.82) is 0 Å². The van der Waals surface area contributed by atoms with Gasteiger partial charge >= 0.3 is 5.69 Å². The summed E-state index contributed by atoms with van der Waals surface area (Å²) in [6.45, 7) is 6.22. The van der Waals surface area contributed by atoms with Crippen LogP contribution < -0.4 is 5.69 Å². The van der Waals surface area contributed by atoms with E-state index in [0.29, 0.717) is 23.8 Å². The second-order valence-corrected chi connectivity index (χ2v) is 4.22. The Labute approximate surface area is 93.4 Å². The van der Waals surface area contributed by atoms with Gasteiger partial charge in [-0.2, -0.15) is 0 Å². The molecule has 0 spiro atoms. The van der Waals surface area contributed by atoms with Crippen LogP contribution in [0.3, 0.4) is 0 Å². The Morgan fingerprint density at radius 2 is 2.20 bits per heavy atom. The number of aromatic nitrogens is 3. The van der Waals surface area contributed by atoms with Crippen LogP contribution in [0.25, 0.3) is 0 Å². The molecule has 0 unspecified atom stereocenters. The Morgan fingerprint density at radius 3 is 2.73 bits per heavy atom. The van der Waals surface area contributed by atoms with Crippen LogP contribution >= 0.6 is 12.2 Å². The lowest BCUT2D eigenvalue weighted by Crippen LogP contribution is -2.18. The highest BCUT2D eigenvalue weighted by atomic mass is 32.1. The Morgan fingerprint density at radius 1 is 1.47 bits per heavy atom. The summed E-state index contributed by atoms with van der Waals surface area (Å²) in [5.74, 6) is 0.544. The standard InChI is InChI=1S/C9H17N3O2S/c1-7(2)6-14-5-3-4-12-8(13)10-11-9(12)15/h7H,3-6H2,1-2H3,(H,10,13)(H,11,15). The maximum absolute atomic E-state index is 11.2. The van der Waals surface area contributed by atoms with Crippen LogP contribution in [0.1, 0.15) is 20.3 Å². The average Bonchev–Trinajstić information content (AvgIpc) is 2.47. The summed E-state index contributed by atoms with van der Waals surface area (Å²) in [5.41, 5.74) is -0.191. The molecule has 15 heavy (non-hydrogen) atoms. The van der Waals surface area contributed by atoms with Gasteiger partial charge in [0.15, 0.2) is 4.77 Å². The van der Waals surface area contributed by atoms with Crippen molar-refractivity contribution in [3.05, 3.63) is 15.3 Å². The van der Waals surface area contributed by atoms with Gasteiger partial charge in [0.2, 0.25) is 0 Å². The van der Waals surface area contributed by atoms with E-state index in [1.165, 1.54) is 4.57 Å². The number of hydrogen-bond acceptors (Lipinski definition) is 3. The minimum atomic E-state index is -0.191. The van der Waals surface area contributed by atoms with E-state index in [4.69, 9.17) is 17.0 Å². The SMILES string of the molecule is CC(C)COCCCn1c(=O)[nH][nH]c1=S. The maximum atomic E-state index is 11.2. The number of rotatable bonds is 6. The predicted octanol–water partition coefficient (Wildman–Crippen LogP) is 1.30. The van der Waals surface area contributed by atoms with Gasteiger partial charge in [-0.05, 0) is 24.6 Å². The molecule has 0 fully saturated rings. The van der Waals surface area contributed by atoms with Crippen LogP contribution in [0.15, 0.2) is 4.79 Å². The molecule has 1 heterocycles. The topological polar surface area (TPSA) is 62.8 Å². The van der Waals surface area contributed by atoms with Crippen molar-refractivity contribution in [1.82, 2.24) is 14.8 Å². The maximum Gasteiger partial charge on any atom is 0.342 e. The molecule has 86 valence electrons. The van der Waals surface area contributed by atoms with Gasteiger partial charge in [-0.3, -0.25) is 9.67 Å². The zero-order valence-corrected chi connectivity index (χ0v) is 9.89. The fourth-order valence-electron chi connectivity index (χ4n) is 1.18. The molecule has 0 saturated carbocycles. The van der Waals surface area contributed by atoms with Gasteiger partial charge < -0.3 is 4.74 Å². The molecule has 5 nitrogen and oxygen atoms in total. The van der Waals surface area contributed by atoms with E-state index in [2.05, 4.69) is 24.0 Å². The van der Waals surface area contributed by atoms with Crippen LogP contribution in [-0.2, 0) is 11.3 Å². The molecule has 0 radical (unpaired) electrons. The second kappa shape index (κ2) is 5.87. The van der Waals surface area contributed by atoms with Crippen LogP contribution in [-0.4, -0.2) is 28.0 Å². The molecule has 1 rings (SSSR count). The van der Waals surface area contributed by atoms with Crippen molar-refractivity contribution in [3.8, 4) is 0 Å². The van der Waals surface area contributed by atoms with Gasteiger partial charge in [0, 0.05) is 19.8 Å². The van der Waals surface area contributed by atoms with Crippen molar-refractivity contribution in [2.24, 2.45) is 5.92 Å². The number of nitrogens with zero attached hydrogens (tertiary/aromatic N) is 1. The van der Waals surface area contributed by atoms with Gasteiger partial charge in [0.05, 0.1) is 0 Å². The number of hydrogen-bond donors (Lipinski definition) is 2. The molecule has 0 aromatic carbocycles. The van der Waals surface area contributed by atoms with Crippen molar-refractivity contribution in [2.45, 2.75) is 26.8 Å². The van der Waals surface area contributed by atoms with Crippen molar-refractivity contribution in [3.63, 3.8) is 0 Å². The van der Waals surface area contributed by atoms with Gasteiger partial charge in [-0.1, -0.05) is 13.8 Å².